The van der Waals surface area contributed by atoms with Crippen molar-refractivity contribution in [3.8, 4) is 0 Å². The molecule has 2 heterocycles. The van der Waals surface area contributed by atoms with Crippen LogP contribution in [0.15, 0.2) is 42.5 Å². The van der Waals surface area contributed by atoms with E-state index in [1.807, 2.05) is 24.3 Å². The van der Waals surface area contributed by atoms with Crippen LogP contribution in [-0.2, 0) is 4.74 Å². The van der Waals surface area contributed by atoms with Crippen molar-refractivity contribution in [3.63, 3.8) is 0 Å². The Morgan fingerprint density at radius 1 is 1.36 bits per heavy atom. The smallest absolute Gasteiger partial charge is 0.272 e. The van der Waals surface area contributed by atoms with Gasteiger partial charge in [0.15, 0.2) is 5.13 Å². The van der Waals surface area contributed by atoms with Crippen LogP contribution in [0.1, 0.15) is 28.8 Å². The summed E-state index contributed by atoms with van der Waals surface area (Å²) in [5, 5.41) is 11.7. The molecule has 144 valence electrons. The van der Waals surface area contributed by atoms with E-state index < -0.39 is 4.92 Å². The highest BCUT2D eigenvalue weighted by molar-refractivity contribution is 7.22. The van der Waals surface area contributed by atoms with Crippen LogP contribution in [0.3, 0.4) is 0 Å². The summed E-state index contributed by atoms with van der Waals surface area (Å²) in [5.74, 6) is -0.229. The summed E-state index contributed by atoms with van der Waals surface area (Å²) in [4.78, 5) is 30.2. The van der Waals surface area contributed by atoms with E-state index in [1.165, 1.54) is 23.5 Å². The second kappa shape index (κ2) is 7.65. The van der Waals surface area contributed by atoms with E-state index in [9.17, 15) is 14.9 Å². The Balaban J connectivity index is 1.70. The predicted octanol–water partition coefficient (Wildman–Crippen LogP) is 4.34. The van der Waals surface area contributed by atoms with E-state index in [0.29, 0.717) is 29.4 Å². The number of rotatable bonds is 5. The van der Waals surface area contributed by atoms with Crippen LogP contribution in [0.2, 0.25) is 0 Å². The summed E-state index contributed by atoms with van der Waals surface area (Å²) in [6.07, 6.45) is 1.84. The molecule has 2 aromatic carbocycles. The van der Waals surface area contributed by atoms with Gasteiger partial charge in [-0.05, 0) is 44.0 Å². The molecule has 1 aliphatic heterocycles. The minimum absolute atomic E-state index is 0.00205. The standard InChI is InChI=1S/C20H19N3O4S/c1-13-11-14(8-9-17(13)23(25)26)19(24)22(12-15-5-4-10-27-15)20-21-16-6-2-3-7-18(16)28-20/h2-3,6-9,11,15H,4-5,10,12H2,1H3. The van der Waals surface area contributed by atoms with E-state index in [2.05, 4.69) is 4.98 Å². The number of anilines is 1. The van der Waals surface area contributed by atoms with E-state index >= 15 is 0 Å². The molecular formula is C20H19N3O4S. The fourth-order valence-corrected chi connectivity index (χ4v) is 4.34. The average molecular weight is 397 g/mol. The van der Waals surface area contributed by atoms with E-state index in [4.69, 9.17) is 4.74 Å². The highest BCUT2D eigenvalue weighted by atomic mass is 32.1. The van der Waals surface area contributed by atoms with Crippen molar-refractivity contribution in [1.82, 2.24) is 4.98 Å². The summed E-state index contributed by atoms with van der Waals surface area (Å²) in [6, 6.07) is 12.2. The third kappa shape index (κ3) is 3.61. The summed E-state index contributed by atoms with van der Waals surface area (Å²) in [6.45, 7) is 2.74. The zero-order chi connectivity index (χ0) is 19.7. The predicted molar refractivity (Wildman–Crippen MR) is 108 cm³/mol. The number of nitro benzene ring substituents is 1. The van der Waals surface area contributed by atoms with Gasteiger partial charge in [-0.2, -0.15) is 0 Å². The lowest BCUT2D eigenvalue weighted by atomic mass is 10.1. The molecule has 8 heteroatoms. The Kier molecular flexibility index (Phi) is 5.06. The monoisotopic (exact) mass is 397 g/mol. The lowest BCUT2D eigenvalue weighted by Crippen LogP contribution is -2.37. The Morgan fingerprint density at radius 2 is 2.18 bits per heavy atom. The van der Waals surface area contributed by atoms with Gasteiger partial charge in [-0.15, -0.1) is 0 Å². The molecule has 1 aliphatic rings. The lowest BCUT2D eigenvalue weighted by molar-refractivity contribution is -0.385. The van der Waals surface area contributed by atoms with Gasteiger partial charge in [0.25, 0.3) is 11.6 Å². The molecule has 1 atom stereocenters. The minimum Gasteiger partial charge on any atom is -0.376 e. The van der Waals surface area contributed by atoms with Crippen molar-refractivity contribution in [2.75, 3.05) is 18.1 Å². The van der Waals surface area contributed by atoms with Crippen LogP contribution in [0.5, 0.6) is 0 Å². The molecule has 0 aliphatic carbocycles. The molecular weight excluding hydrogens is 378 g/mol. The van der Waals surface area contributed by atoms with Crippen molar-refractivity contribution in [1.29, 1.82) is 0 Å². The van der Waals surface area contributed by atoms with Gasteiger partial charge < -0.3 is 4.74 Å². The fraction of sp³-hybridized carbons (Fsp3) is 0.300. The molecule has 1 aromatic heterocycles. The Morgan fingerprint density at radius 3 is 2.86 bits per heavy atom. The average Bonchev–Trinajstić information content (AvgIpc) is 3.34. The van der Waals surface area contributed by atoms with Gasteiger partial charge in [-0.3, -0.25) is 19.8 Å². The molecule has 28 heavy (non-hydrogen) atoms. The van der Waals surface area contributed by atoms with Crippen LogP contribution >= 0.6 is 11.3 Å². The molecule has 0 saturated carbocycles. The summed E-state index contributed by atoms with van der Waals surface area (Å²) in [7, 11) is 0. The maximum absolute atomic E-state index is 13.3. The fourth-order valence-electron chi connectivity index (χ4n) is 3.36. The van der Waals surface area contributed by atoms with Crippen LogP contribution in [0.25, 0.3) is 10.2 Å². The van der Waals surface area contributed by atoms with Gasteiger partial charge in [0, 0.05) is 23.8 Å². The number of nitrogens with zero attached hydrogens (tertiary/aromatic N) is 3. The number of thiazole rings is 1. The van der Waals surface area contributed by atoms with Gasteiger partial charge >= 0.3 is 0 Å². The van der Waals surface area contributed by atoms with E-state index in [1.54, 1.807) is 17.9 Å². The van der Waals surface area contributed by atoms with Crippen LogP contribution in [0, 0.1) is 17.0 Å². The number of ether oxygens (including phenoxy) is 1. The van der Waals surface area contributed by atoms with Crippen molar-refractivity contribution in [2.24, 2.45) is 0 Å². The SMILES string of the molecule is Cc1cc(C(=O)N(CC2CCCO2)c2nc3ccccc3s2)ccc1[N+](=O)[O-]. The molecule has 0 spiro atoms. The third-order valence-electron chi connectivity index (χ3n) is 4.81. The Labute approximate surface area is 165 Å². The van der Waals surface area contributed by atoms with Gasteiger partial charge in [0.05, 0.1) is 27.8 Å². The molecule has 4 rings (SSSR count). The molecule has 0 bridgehead atoms. The molecule has 1 amide bonds. The Bertz CT molecular complexity index is 1010. The molecule has 0 N–H and O–H groups in total. The van der Waals surface area contributed by atoms with Gasteiger partial charge in [-0.25, -0.2) is 4.98 Å². The number of benzene rings is 2. The first-order valence-corrected chi connectivity index (χ1v) is 9.88. The number of carbonyl (C=O) groups is 1. The quantitative estimate of drug-likeness (QED) is 0.472. The number of hydrogen-bond donors (Lipinski definition) is 0. The normalized spacial score (nSPS) is 16.4. The van der Waals surface area contributed by atoms with Gasteiger partial charge in [0.1, 0.15) is 0 Å². The van der Waals surface area contributed by atoms with Gasteiger partial charge in [-0.1, -0.05) is 23.5 Å². The first kappa shape index (κ1) is 18.5. The molecule has 0 radical (unpaired) electrons. The molecule has 1 saturated heterocycles. The number of para-hydroxylation sites is 1. The molecule has 1 fully saturated rings. The maximum Gasteiger partial charge on any atom is 0.272 e. The number of amides is 1. The minimum atomic E-state index is -0.443. The summed E-state index contributed by atoms with van der Waals surface area (Å²) in [5.41, 5.74) is 1.70. The number of nitro groups is 1. The largest absolute Gasteiger partial charge is 0.376 e. The topological polar surface area (TPSA) is 85.6 Å². The number of fused-ring (bicyclic) bond motifs is 1. The highest BCUT2D eigenvalue weighted by Gasteiger charge is 2.27. The third-order valence-corrected chi connectivity index (χ3v) is 5.87. The van der Waals surface area contributed by atoms with E-state index in [-0.39, 0.29) is 17.7 Å². The number of hydrogen-bond acceptors (Lipinski definition) is 6. The number of aryl methyl sites for hydroxylation is 1. The first-order chi connectivity index (χ1) is 13.5. The second-order valence-electron chi connectivity index (χ2n) is 6.77. The van der Waals surface area contributed by atoms with Crippen molar-refractivity contribution in [3.05, 3.63) is 63.7 Å². The lowest BCUT2D eigenvalue weighted by Gasteiger charge is -2.23. The zero-order valence-corrected chi connectivity index (χ0v) is 16.1. The first-order valence-electron chi connectivity index (χ1n) is 9.07. The number of carbonyl (C=O) groups excluding carboxylic acids is 1. The number of aromatic nitrogens is 1. The molecule has 7 nitrogen and oxygen atoms in total. The van der Waals surface area contributed by atoms with Crippen LogP contribution in [0.4, 0.5) is 10.8 Å². The maximum atomic E-state index is 13.3. The zero-order valence-electron chi connectivity index (χ0n) is 15.3. The van der Waals surface area contributed by atoms with Crippen molar-refractivity contribution < 1.29 is 14.5 Å². The summed E-state index contributed by atoms with van der Waals surface area (Å²) < 4.78 is 6.74. The van der Waals surface area contributed by atoms with Crippen LogP contribution < -0.4 is 4.90 Å². The second-order valence-corrected chi connectivity index (χ2v) is 7.78. The van der Waals surface area contributed by atoms with Crippen molar-refractivity contribution >= 4 is 38.3 Å². The molecule has 3 aromatic rings. The van der Waals surface area contributed by atoms with Crippen LogP contribution in [-0.4, -0.2) is 35.1 Å². The molecule has 1 unspecified atom stereocenters. The van der Waals surface area contributed by atoms with E-state index in [0.717, 1.165) is 23.1 Å². The summed E-state index contributed by atoms with van der Waals surface area (Å²) >= 11 is 1.45. The van der Waals surface area contributed by atoms with Gasteiger partial charge in [0.2, 0.25) is 0 Å². The highest BCUT2D eigenvalue weighted by Crippen LogP contribution is 2.31. The Hall–Kier alpha value is -2.84. The van der Waals surface area contributed by atoms with Crippen molar-refractivity contribution in [2.45, 2.75) is 25.9 Å².